The van der Waals surface area contributed by atoms with Crippen molar-refractivity contribution in [3.63, 3.8) is 0 Å². The van der Waals surface area contributed by atoms with E-state index in [4.69, 9.17) is 9.47 Å². The van der Waals surface area contributed by atoms with Crippen molar-refractivity contribution in [2.45, 2.75) is 46.3 Å². The second kappa shape index (κ2) is 11.4. The highest BCUT2D eigenvalue weighted by Gasteiger charge is 2.46. The second-order valence-corrected chi connectivity index (χ2v) is 9.23. The van der Waals surface area contributed by atoms with Crippen molar-refractivity contribution in [3.05, 3.63) is 64.7 Å². The standard InChI is InChI=1S/C28H36N2O5/c1-7-15-35-23-13-10-21(17-19(23)4)26(31)24-25(20-8-11-22(12-9-20)29(5)6)30(28(33)27(24)32)14-16-34-18(2)3/h8-13,17-18,25,31H,7,14-16H2,1-6H3/b26-24-. The highest BCUT2D eigenvalue weighted by molar-refractivity contribution is 6.46. The SMILES string of the molecule is CCCOc1ccc(/C(O)=C2/C(=O)C(=O)N(CCOC(C)C)C2c2ccc(N(C)C)cc2)cc1C. The van der Waals surface area contributed by atoms with Crippen LogP contribution in [0.15, 0.2) is 48.0 Å². The molecule has 1 unspecified atom stereocenters. The van der Waals surface area contributed by atoms with E-state index >= 15 is 0 Å². The van der Waals surface area contributed by atoms with Crippen molar-refractivity contribution < 1.29 is 24.2 Å². The summed E-state index contributed by atoms with van der Waals surface area (Å²) in [6.07, 6.45) is 0.888. The van der Waals surface area contributed by atoms with Crippen LogP contribution in [0.1, 0.15) is 49.9 Å². The van der Waals surface area contributed by atoms with Crippen LogP contribution in [0.3, 0.4) is 0 Å². The van der Waals surface area contributed by atoms with Gasteiger partial charge in [-0.2, -0.15) is 0 Å². The molecule has 0 bridgehead atoms. The first-order valence-electron chi connectivity index (χ1n) is 12.1. The molecule has 2 aromatic rings. The Kier molecular flexibility index (Phi) is 8.57. The number of nitrogens with zero attached hydrogens (tertiary/aromatic N) is 2. The summed E-state index contributed by atoms with van der Waals surface area (Å²) in [7, 11) is 3.89. The van der Waals surface area contributed by atoms with Gasteiger partial charge in [-0.15, -0.1) is 0 Å². The first-order valence-corrected chi connectivity index (χ1v) is 12.1. The summed E-state index contributed by atoms with van der Waals surface area (Å²) >= 11 is 0. The minimum Gasteiger partial charge on any atom is -0.507 e. The molecule has 0 saturated carbocycles. The molecule has 188 valence electrons. The lowest BCUT2D eigenvalue weighted by atomic mass is 9.94. The molecule has 1 aliphatic heterocycles. The number of carbonyl (C=O) groups is 2. The largest absolute Gasteiger partial charge is 0.507 e. The molecule has 1 atom stereocenters. The Labute approximate surface area is 207 Å². The van der Waals surface area contributed by atoms with Crippen molar-refractivity contribution >= 4 is 23.1 Å². The van der Waals surface area contributed by atoms with Crippen LogP contribution in [0.4, 0.5) is 5.69 Å². The zero-order valence-corrected chi connectivity index (χ0v) is 21.5. The Bertz CT molecular complexity index is 1090. The summed E-state index contributed by atoms with van der Waals surface area (Å²) in [5, 5.41) is 11.3. The van der Waals surface area contributed by atoms with E-state index < -0.39 is 17.7 Å². The highest BCUT2D eigenvalue weighted by atomic mass is 16.5. The number of hydrogen-bond donors (Lipinski definition) is 1. The molecule has 1 fully saturated rings. The fourth-order valence-electron chi connectivity index (χ4n) is 4.12. The van der Waals surface area contributed by atoms with Gasteiger partial charge in [0.2, 0.25) is 0 Å². The first kappa shape index (κ1) is 26.3. The van der Waals surface area contributed by atoms with Gasteiger partial charge in [0.25, 0.3) is 11.7 Å². The van der Waals surface area contributed by atoms with Crippen molar-refractivity contribution in [3.8, 4) is 5.75 Å². The number of benzene rings is 2. The van der Waals surface area contributed by atoms with Gasteiger partial charge in [-0.1, -0.05) is 19.1 Å². The summed E-state index contributed by atoms with van der Waals surface area (Å²) < 4.78 is 11.4. The lowest BCUT2D eigenvalue weighted by Crippen LogP contribution is -2.33. The van der Waals surface area contributed by atoms with Crippen LogP contribution in [0.25, 0.3) is 5.76 Å². The molecule has 0 radical (unpaired) electrons. The number of aliphatic hydroxyl groups excluding tert-OH is 1. The third-order valence-electron chi connectivity index (χ3n) is 5.96. The molecular weight excluding hydrogens is 444 g/mol. The zero-order valence-electron chi connectivity index (χ0n) is 21.5. The number of likely N-dealkylation sites (tertiary alicyclic amines) is 1. The minimum absolute atomic E-state index is 0.000985. The Balaban J connectivity index is 2.06. The average molecular weight is 481 g/mol. The maximum atomic E-state index is 13.2. The fourth-order valence-corrected chi connectivity index (χ4v) is 4.12. The van der Waals surface area contributed by atoms with Gasteiger partial charge in [0.1, 0.15) is 11.5 Å². The van der Waals surface area contributed by atoms with E-state index in [1.165, 1.54) is 4.90 Å². The van der Waals surface area contributed by atoms with Gasteiger partial charge in [0.05, 0.1) is 30.9 Å². The van der Waals surface area contributed by atoms with Crippen molar-refractivity contribution in [1.82, 2.24) is 4.90 Å². The highest BCUT2D eigenvalue weighted by Crippen LogP contribution is 2.40. The molecule has 1 aliphatic rings. The van der Waals surface area contributed by atoms with Gasteiger partial charge in [-0.05, 0) is 68.7 Å². The molecule has 0 aromatic heterocycles. The molecule has 35 heavy (non-hydrogen) atoms. The molecule has 0 spiro atoms. The Hall–Kier alpha value is -3.32. The lowest BCUT2D eigenvalue weighted by Gasteiger charge is -2.26. The predicted molar refractivity (Wildman–Crippen MR) is 138 cm³/mol. The van der Waals surface area contributed by atoms with Crippen LogP contribution in [0.2, 0.25) is 0 Å². The number of hydrogen-bond acceptors (Lipinski definition) is 6. The van der Waals surface area contributed by atoms with Crippen LogP contribution < -0.4 is 9.64 Å². The van der Waals surface area contributed by atoms with Gasteiger partial charge in [-0.25, -0.2) is 0 Å². The van der Waals surface area contributed by atoms with Crippen molar-refractivity contribution in [2.75, 3.05) is 38.8 Å². The summed E-state index contributed by atoms with van der Waals surface area (Å²) in [5.41, 5.74) is 3.14. The van der Waals surface area contributed by atoms with Crippen molar-refractivity contribution in [1.29, 1.82) is 0 Å². The van der Waals surface area contributed by atoms with Crippen LogP contribution in [-0.4, -0.2) is 61.7 Å². The van der Waals surface area contributed by atoms with Crippen LogP contribution >= 0.6 is 0 Å². The van der Waals surface area contributed by atoms with E-state index in [-0.39, 0.29) is 24.0 Å². The number of aliphatic hydroxyl groups is 1. The Morgan fingerprint density at radius 3 is 2.34 bits per heavy atom. The zero-order chi connectivity index (χ0) is 25.7. The van der Waals surface area contributed by atoms with Crippen LogP contribution in [-0.2, 0) is 14.3 Å². The molecule has 0 aliphatic carbocycles. The first-order chi connectivity index (χ1) is 16.6. The minimum atomic E-state index is -0.710. The number of aryl methyl sites for hydroxylation is 1. The Morgan fingerprint density at radius 1 is 1.09 bits per heavy atom. The van der Waals surface area contributed by atoms with E-state index in [1.54, 1.807) is 18.2 Å². The molecule has 3 rings (SSSR count). The van der Waals surface area contributed by atoms with Gasteiger partial charge < -0.3 is 24.4 Å². The molecular formula is C28H36N2O5. The molecule has 1 N–H and O–H groups in total. The number of rotatable bonds is 10. The number of anilines is 1. The van der Waals surface area contributed by atoms with Crippen molar-refractivity contribution in [2.24, 2.45) is 0 Å². The maximum absolute atomic E-state index is 13.2. The van der Waals surface area contributed by atoms with E-state index in [0.29, 0.717) is 18.8 Å². The number of carbonyl (C=O) groups excluding carboxylic acids is 2. The number of Topliss-reactive ketones (excluding diaryl/α,β-unsaturated/α-hetero) is 1. The van der Waals surface area contributed by atoms with E-state index in [0.717, 1.165) is 29.0 Å². The summed E-state index contributed by atoms with van der Waals surface area (Å²) in [6.45, 7) is 8.89. The Morgan fingerprint density at radius 2 is 1.77 bits per heavy atom. The quantitative estimate of drug-likeness (QED) is 0.302. The fraction of sp³-hybridized carbons (Fsp3) is 0.429. The summed E-state index contributed by atoms with van der Waals surface area (Å²) in [6, 6.07) is 12.2. The predicted octanol–water partition coefficient (Wildman–Crippen LogP) is 4.70. The summed E-state index contributed by atoms with van der Waals surface area (Å²) in [4.78, 5) is 29.7. The maximum Gasteiger partial charge on any atom is 0.295 e. The lowest BCUT2D eigenvalue weighted by molar-refractivity contribution is -0.140. The molecule has 1 heterocycles. The normalized spacial score (nSPS) is 17.3. The summed E-state index contributed by atoms with van der Waals surface area (Å²) in [5.74, 6) is -0.800. The monoisotopic (exact) mass is 480 g/mol. The van der Waals surface area contributed by atoms with Crippen LogP contribution in [0, 0.1) is 6.92 Å². The molecule has 1 amide bonds. The van der Waals surface area contributed by atoms with E-state index in [1.807, 2.05) is 71.0 Å². The molecule has 7 nitrogen and oxygen atoms in total. The van der Waals surface area contributed by atoms with E-state index in [9.17, 15) is 14.7 Å². The average Bonchev–Trinajstić information content (AvgIpc) is 3.07. The third-order valence-corrected chi connectivity index (χ3v) is 5.96. The number of ketones is 1. The van der Waals surface area contributed by atoms with Gasteiger partial charge in [0, 0.05) is 31.9 Å². The topological polar surface area (TPSA) is 79.3 Å². The molecule has 1 saturated heterocycles. The number of amides is 1. The number of ether oxygens (including phenoxy) is 2. The molecule has 7 heteroatoms. The van der Waals surface area contributed by atoms with Gasteiger partial charge >= 0.3 is 0 Å². The smallest absolute Gasteiger partial charge is 0.295 e. The molecule has 2 aromatic carbocycles. The van der Waals surface area contributed by atoms with Gasteiger partial charge in [0.15, 0.2) is 0 Å². The third kappa shape index (κ3) is 5.85. The van der Waals surface area contributed by atoms with Crippen LogP contribution in [0.5, 0.6) is 5.75 Å². The van der Waals surface area contributed by atoms with Gasteiger partial charge in [-0.3, -0.25) is 9.59 Å². The van der Waals surface area contributed by atoms with E-state index in [2.05, 4.69) is 0 Å². The second-order valence-electron chi connectivity index (χ2n) is 9.23.